The number of rotatable bonds is 6. The Morgan fingerprint density at radius 3 is 2.54 bits per heavy atom. The fraction of sp³-hybridized carbons (Fsp3) is 0.100. The molecule has 0 aliphatic heterocycles. The van der Waals surface area contributed by atoms with E-state index in [2.05, 4.69) is 16.5 Å². The zero-order valence-electron chi connectivity index (χ0n) is 15.0. The number of hydrogen-bond donors (Lipinski definition) is 1. The fourth-order valence-electron chi connectivity index (χ4n) is 2.54. The van der Waals surface area contributed by atoms with Crippen LogP contribution in [0.5, 0.6) is 11.5 Å². The first-order chi connectivity index (χ1) is 13.6. The lowest BCUT2D eigenvalue weighted by atomic mass is 10.1. The molecule has 0 aliphatic rings. The molecule has 0 saturated carbocycles. The van der Waals surface area contributed by atoms with E-state index in [1.54, 1.807) is 56.8 Å². The summed E-state index contributed by atoms with van der Waals surface area (Å²) in [7, 11) is 3.14. The predicted molar refractivity (Wildman–Crippen MR) is 109 cm³/mol. The van der Waals surface area contributed by atoms with E-state index in [1.807, 2.05) is 6.07 Å². The van der Waals surface area contributed by atoms with Gasteiger partial charge in [0.15, 0.2) is 5.76 Å². The topological polar surface area (TPSA) is 80.3 Å². The molecule has 2 aromatic carbocycles. The van der Waals surface area contributed by atoms with Gasteiger partial charge in [-0.25, -0.2) is 0 Å². The minimum absolute atomic E-state index is 0.231. The van der Waals surface area contributed by atoms with Gasteiger partial charge >= 0.3 is 0 Å². The lowest BCUT2D eigenvalue weighted by molar-refractivity contribution is 0.395. The van der Waals surface area contributed by atoms with Gasteiger partial charge in [-0.15, -0.1) is 0 Å². The Morgan fingerprint density at radius 1 is 1.14 bits per heavy atom. The van der Waals surface area contributed by atoms with Crippen molar-refractivity contribution >= 4 is 35.0 Å². The summed E-state index contributed by atoms with van der Waals surface area (Å²) in [5.41, 5.74) is 1.69. The van der Waals surface area contributed by atoms with Crippen molar-refractivity contribution in [1.29, 1.82) is 5.26 Å². The smallest absolute Gasteiger partial charge is 0.179 e. The quantitative estimate of drug-likeness (QED) is 0.562. The number of nitriles is 1. The first-order valence-corrected chi connectivity index (χ1v) is 8.84. The summed E-state index contributed by atoms with van der Waals surface area (Å²) in [5.74, 6) is 1.55. The van der Waals surface area contributed by atoms with Gasteiger partial charge in [-0.05, 0) is 24.3 Å². The number of aromatic nitrogens is 1. The molecule has 6 nitrogen and oxygen atoms in total. The van der Waals surface area contributed by atoms with Crippen LogP contribution in [0.4, 0.5) is 5.69 Å². The third-order valence-corrected chi connectivity index (χ3v) is 4.54. The standard InChI is InChI=1S/C20H15Cl2N3O3/c1-26-12-6-7-16(18(10-12)27-2)24-9-8-17-13(11-23)20(25-28-17)19-14(21)4-3-5-15(19)22/h3-10,24H,1-2H3/b9-8+. The largest absolute Gasteiger partial charge is 0.497 e. The van der Waals surface area contributed by atoms with Crippen LogP contribution in [0.25, 0.3) is 17.3 Å². The number of benzene rings is 2. The summed E-state index contributed by atoms with van der Waals surface area (Å²) in [6, 6.07) is 12.5. The molecule has 0 fully saturated rings. The average Bonchev–Trinajstić information content (AvgIpc) is 3.10. The Kier molecular flexibility index (Phi) is 6.09. The third kappa shape index (κ3) is 3.91. The summed E-state index contributed by atoms with van der Waals surface area (Å²) < 4.78 is 15.8. The van der Waals surface area contributed by atoms with Crippen molar-refractivity contribution in [3.63, 3.8) is 0 Å². The van der Waals surface area contributed by atoms with E-state index in [4.69, 9.17) is 37.2 Å². The van der Waals surface area contributed by atoms with E-state index in [1.165, 1.54) is 0 Å². The zero-order valence-corrected chi connectivity index (χ0v) is 16.5. The molecule has 0 saturated heterocycles. The molecule has 8 heteroatoms. The van der Waals surface area contributed by atoms with Crippen LogP contribution < -0.4 is 14.8 Å². The number of nitrogens with zero attached hydrogens (tertiary/aromatic N) is 2. The van der Waals surface area contributed by atoms with E-state index < -0.39 is 0 Å². The molecule has 1 heterocycles. The molecule has 3 aromatic rings. The Morgan fingerprint density at radius 2 is 1.89 bits per heavy atom. The highest BCUT2D eigenvalue weighted by molar-refractivity contribution is 6.39. The summed E-state index contributed by atoms with van der Waals surface area (Å²) in [4.78, 5) is 0. The molecule has 0 bridgehead atoms. The van der Waals surface area contributed by atoms with Crippen molar-refractivity contribution in [3.8, 4) is 28.8 Å². The second-order valence-electron chi connectivity index (χ2n) is 5.52. The molecule has 142 valence electrons. The Hall–Kier alpha value is -3.14. The van der Waals surface area contributed by atoms with Crippen molar-refractivity contribution in [2.45, 2.75) is 0 Å². The third-order valence-electron chi connectivity index (χ3n) is 3.91. The Bertz CT molecular complexity index is 1050. The van der Waals surface area contributed by atoms with Crippen LogP contribution >= 0.6 is 23.2 Å². The van der Waals surface area contributed by atoms with Gasteiger partial charge in [0, 0.05) is 23.9 Å². The maximum atomic E-state index is 9.56. The lowest BCUT2D eigenvalue weighted by Crippen LogP contribution is -1.94. The second-order valence-corrected chi connectivity index (χ2v) is 6.34. The van der Waals surface area contributed by atoms with Crippen molar-refractivity contribution in [2.24, 2.45) is 0 Å². The number of halogens is 2. The van der Waals surface area contributed by atoms with E-state index >= 15 is 0 Å². The van der Waals surface area contributed by atoms with Crippen LogP contribution in [0.1, 0.15) is 11.3 Å². The van der Waals surface area contributed by atoms with E-state index in [-0.39, 0.29) is 11.3 Å². The molecule has 1 aromatic heterocycles. The predicted octanol–water partition coefficient (Wildman–Crippen LogP) is 5.62. The number of nitrogens with one attached hydrogen (secondary N) is 1. The van der Waals surface area contributed by atoms with Crippen LogP contribution in [-0.4, -0.2) is 19.4 Å². The van der Waals surface area contributed by atoms with Gasteiger partial charge < -0.3 is 19.3 Å². The average molecular weight is 416 g/mol. The van der Waals surface area contributed by atoms with Gasteiger partial charge in [0.1, 0.15) is 28.8 Å². The minimum atomic E-state index is 0.231. The van der Waals surface area contributed by atoms with Crippen molar-refractivity contribution in [3.05, 3.63) is 64.0 Å². The van der Waals surface area contributed by atoms with Crippen LogP contribution in [-0.2, 0) is 0 Å². The summed E-state index contributed by atoms with van der Waals surface area (Å²) >= 11 is 12.4. The van der Waals surface area contributed by atoms with Crippen molar-refractivity contribution in [2.75, 3.05) is 19.5 Å². The number of anilines is 1. The number of ether oxygens (including phenoxy) is 2. The molecule has 28 heavy (non-hydrogen) atoms. The van der Waals surface area contributed by atoms with Crippen LogP contribution in [0.15, 0.2) is 47.1 Å². The fourth-order valence-corrected chi connectivity index (χ4v) is 3.12. The molecule has 0 atom stereocenters. The van der Waals surface area contributed by atoms with Gasteiger partial charge in [0.25, 0.3) is 0 Å². The van der Waals surface area contributed by atoms with E-state index in [9.17, 15) is 5.26 Å². The van der Waals surface area contributed by atoms with Crippen molar-refractivity contribution in [1.82, 2.24) is 5.16 Å². The van der Waals surface area contributed by atoms with Crippen LogP contribution in [0.2, 0.25) is 10.0 Å². The first-order valence-electron chi connectivity index (χ1n) is 8.08. The second kappa shape index (κ2) is 8.70. The minimum Gasteiger partial charge on any atom is -0.497 e. The molecular weight excluding hydrogens is 401 g/mol. The number of hydrogen-bond acceptors (Lipinski definition) is 6. The highest BCUT2D eigenvalue weighted by Gasteiger charge is 2.20. The first kappa shape index (κ1) is 19.6. The maximum absolute atomic E-state index is 9.56. The van der Waals surface area contributed by atoms with Gasteiger partial charge in [-0.2, -0.15) is 5.26 Å². The highest BCUT2D eigenvalue weighted by atomic mass is 35.5. The van der Waals surface area contributed by atoms with E-state index in [0.29, 0.717) is 38.5 Å². The van der Waals surface area contributed by atoms with Crippen molar-refractivity contribution < 1.29 is 14.0 Å². The molecule has 0 amide bonds. The molecule has 0 unspecified atom stereocenters. The maximum Gasteiger partial charge on any atom is 0.179 e. The highest BCUT2D eigenvalue weighted by Crippen LogP contribution is 2.37. The summed E-state index contributed by atoms with van der Waals surface area (Å²) in [6.45, 7) is 0. The molecule has 0 spiro atoms. The zero-order chi connectivity index (χ0) is 20.1. The normalized spacial score (nSPS) is 10.7. The number of methoxy groups -OCH3 is 2. The van der Waals surface area contributed by atoms with Crippen LogP contribution in [0, 0.1) is 11.3 Å². The van der Waals surface area contributed by atoms with E-state index in [0.717, 1.165) is 0 Å². The summed E-state index contributed by atoms with van der Waals surface area (Å²) in [5, 5.41) is 17.4. The SMILES string of the molecule is COc1ccc(N/C=C/c2onc(-c3c(Cl)cccc3Cl)c2C#N)c(OC)c1. The molecular formula is C20H15Cl2N3O3. The van der Waals surface area contributed by atoms with Gasteiger partial charge in [0.05, 0.1) is 30.0 Å². The lowest BCUT2D eigenvalue weighted by Gasteiger charge is -2.09. The molecule has 1 N–H and O–H groups in total. The molecule has 0 radical (unpaired) electrons. The molecule has 0 aliphatic carbocycles. The Balaban J connectivity index is 1.88. The van der Waals surface area contributed by atoms with Gasteiger partial charge in [-0.3, -0.25) is 0 Å². The van der Waals surface area contributed by atoms with Gasteiger partial charge in [0.2, 0.25) is 0 Å². The summed E-state index contributed by atoms with van der Waals surface area (Å²) in [6.07, 6.45) is 3.20. The van der Waals surface area contributed by atoms with Crippen LogP contribution in [0.3, 0.4) is 0 Å². The monoisotopic (exact) mass is 415 g/mol. The molecule has 3 rings (SSSR count). The van der Waals surface area contributed by atoms with Gasteiger partial charge in [-0.1, -0.05) is 34.4 Å². The Labute approximate surface area is 171 Å².